The van der Waals surface area contributed by atoms with Crippen molar-refractivity contribution in [1.29, 1.82) is 0 Å². The third-order valence-corrected chi connectivity index (χ3v) is 20.6. The van der Waals surface area contributed by atoms with E-state index in [0.29, 0.717) is 115 Å². The second-order valence-electron chi connectivity index (χ2n) is 39.1. The van der Waals surface area contributed by atoms with Crippen LogP contribution < -0.4 is 76.4 Å². The third-order valence-electron chi connectivity index (χ3n) is 20.6. The second kappa shape index (κ2) is 72.0. The predicted molar refractivity (Wildman–Crippen MR) is 499 cm³/mol. The molecule has 5 aliphatic carbocycles. The molecule has 25 heteroatoms. The van der Waals surface area contributed by atoms with Crippen LogP contribution in [0.5, 0.6) is 5.75 Å². The zero-order chi connectivity index (χ0) is 91.0. The molecule has 1 aromatic carbocycles. The van der Waals surface area contributed by atoms with Crippen LogP contribution in [0, 0.1) is 99.6 Å². The number of nitrogens with two attached hydrogens (primary N) is 6. The van der Waals surface area contributed by atoms with Gasteiger partial charge in [-0.05, 0) is 215 Å². The van der Waals surface area contributed by atoms with E-state index < -0.39 is 12.3 Å². The van der Waals surface area contributed by atoms with Gasteiger partial charge < -0.3 is 105 Å². The van der Waals surface area contributed by atoms with Gasteiger partial charge in [-0.3, -0.25) is 14.4 Å². The third kappa shape index (κ3) is 65.5. The lowest BCUT2D eigenvalue weighted by molar-refractivity contribution is -0.135. The number of nitrogens with one attached hydrogen (secondary N) is 7. The number of halogens is 2. The van der Waals surface area contributed by atoms with Gasteiger partial charge in [-0.2, -0.15) is 0 Å². The minimum Gasteiger partial charge on any atom is -0.493 e. The molecule has 9 rings (SSSR count). The number of carbonyl (C=O) groups is 3. The van der Waals surface area contributed by atoms with Crippen molar-refractivity contribution in [2.75, 3.05) is 151 Å². The van der Waals surface area contributed by atoms with E-state index in [4.69, 9.17) is 63.2 Å². The van der Waals surface area contributed by atoms with Crippen molar-refractivity contribution in [3.63, 3.8) is 0 Å². The molecule has 120 heavy (non-hydrogen) atoms. The fourth-order valence-corrected chi connectivity index (χ4v) is 13.1. The van der Waals surface area contributed by atoms with Crippen LogP contribution in [0.2, 0.25) is 0 Å². The van der Waals surface area contributed by atoms with Gasteiger partial charge in [0.05, 0.1) is 38.6 Å². The van der Waals surface area contributed by atoms with Gasteiger partial charge in [-0.1, -0.05) is 184 Å². The molecule has 5 saturated carbocycles. The number of aromatic nitrogens is 1. The van der Waals surface area contributed by atoms with E-state index in [-0.39, 0.29) is 56.5 Å². The van der Waals surface area contributed by atoms with Gasteiger partial charge in [-0.25, -0.2) is 8.78 Å². The summed E-state index contributed by atoms with van der Waals surface area (Å²) in [6.07, 6.45) is 18.9. The van der Waals surface area contributed by atoms with E-state index in [1.807, 2.05) is 81.1 Å². The van der Waals surface area contributed by atoms with Crippen LogP contribution >= 0.6 is 0 Å². The zero-order valence-electron chi connectivity index (χ0n) is 80.4. The van der Waals surface area contributed by atoms with Gasteiger partial charge in [0.25, 0.3) is 0 Å². The molecule has 2 saturated heterocycles. The van der Waals surface area contributed by atoms with Crippen LogP contribution in [0.25, 0.3) is 0 Å². The molecule has 3 heterocycles. The van der Waals surface area contributed by atoms with Gasteiger partial charge in [0.1, 0.15) is 24.6 Å². The first kappa shape index (κ1) is 118. The lowest BCUT2D eigenvalue weighted by atomic mass is 9.53. The molecule has 23 nitrogen and oxygen atoms in total. The molecule has 2 atom stereocenters. The first-order valence-corrected chi connectivity index (χ1v) is 46.7. The number of aliphatic hydroxyl groups excluding tert-OH is 1. The number of carbonyl (C=O) groups excluding carboxylic acids is 3. The summed E-state index contributed by atoms with van der Waals surface area (Å²) in [5, 5.41) is 30.0. The highest BCUT2D eigenvalue weighted by molar-refractivity contribution is 5.80. The lowest BCUT2D eigenvalue weighted by Crippen LogP contribution is -2.62. The largest absolute Gasteiger partial charge is 0.493 e. The Morgan fingerprint density at radius 2 is 0.975 bits per heavy atom. The predicted octanol–water partition coefficient (Wildman–Crippen LogP) is 13.1. The monoisotopic (exact) mass is 1710 g/mol. The number of rotatable bonds is 40. The summed E-state index contributed by atoms with van der Waals surface area (Å²) >= 11 is 0. The minimum atomic E-state index is -1.00. The van der Waals surface area contributed by atoms with Crippen molar-refractivity contribution >= 4 is 17.7 Å². The summed E-state index contributed by atoms with van der Waals surface area (Å²) < 4.78 is 53.4. The van der Waals surface area contributed by atoms with Gasteiger partial charge >= 0.3 is 0 Å². The Labute approximate surface area is 732 Å². The molecular formula is C95H190F2N14O9. The maximum atomic E-state index is 12.3. The Balaban J connectivity index is 0. The first-order valence-electron chi connectivity index (χ1n) is 46.7. The van der Waals surface area contributed by atoms with Crippen LogP contribution in [0.3, 0.4) is 0 Å². The number of ether oxygens (including phenoxy) is 5. The van der Waals surface area contributed by atoms with E-state index >= 15 is 0 Å². The summed E-state index contributed by atoms with van der Waals surface area (Å²) in [5.41, 5.74) is 34.4. The highest BCUT2D eigenvalue weighted by atomic mass is 19.1. The number of aliphatic hydroxyl groups is 1. The standard InChI is InChI=1S/C11H20N2O.C11H21NO.C11H17NO.C10H20N2O.C10H16N2O.C9H19NO.2C7H16FNO.C7H14.C6H16N2.C6H15NO/c1-8(2)5-13-10(14)9-3-11(4-9)6-12-7-11;1-8(2)7-13-10-5-11(6-10)3-9(12)4-11;1-9(2)8-13-11-5-3-4-10(6-11)7-12;1-8(2)7-12-10(13)9-3-5-11-6-4-9;1-9(2)7-11-10(13)8-12-5-3-4-6-12;1-7(2)6-11-9-3-8(4-9)5-10;2*1-6(2)4-10-5-7(8)3-9;1-6(2)7-4-3-5-7;1-6(2)5-8-4-3-7;1-6(2)5-7-3-4-8/h8-9,12H,3-7H2,1-2H3,(H,13,14);8-10H,3-7,12H2,1-2H3;3-6,9H,7-8,12H2,1-2H3;8-9,11H,3-7H2,1-2H3,(H,12,13);3-6,9H,7-8H2,1-2H3,(H,11,13);7-9H,3-6,10H2,1-2H3;2*6-7H,3-5,9H2,1-2H3;6-7H,3-5H2,1-2H3;6,8H,3-5,7H2,1-2H3;6-8H,3-5H2,1-2H3/t;;;;;;2*7-;;;/m......10.../s1. The molecule has 7 fully saturated rings. The van der Waals surface area contributed by atoms with Crippen LogP contribution in [0.15, 0.2) is 48.8 Å². The molecule has 708 valence electrons. The highest BCUT2D eigenvalue weighted by Gasteiger charge is 2.52. The minimum absolute atomic E-state index is 0.0537. The summed E-state index contributed by atoms with van der Waals surface area (Å²) in [4.78, 5) is 34.5. The molecule has 0 bridgehead atoms. The molecule has 0 unspecified atom stereocenters. The molecular weight excluding hydrogens is 1520 g/mol. The zero-order valence-corrected chi connectivity index (χ0v) is 80.4. The van der Waals surface area contributed by atoms with Crippen molar-refractivity contribution in [2.24, 2.45) is 134 Å². The van der Waals surface area contributed by atoms with Gasteiger partial charge in [0, 0.05) is 129 Å². The number of nitrogens with zero attached hydrogens (tertiary/aromatic N) is 1. The first-order chi connectivity index (χ1) is 56.7. The normalized spacial score (nSPS) is 19.8. The Hall–Kier alpha value is -4.03. The summed E-state index contributed by atoms with van der Waals surface area (Å²) in [5.74, 6) is 10.7. The van der Waals surface area contributed by atoms with E-state index in [9.17, 15) is 23.2 Å². The average Bonchev–Trinajstić information content (AvgIpc) is 0.788. The average molecular weight is 1710 g/mol. The molecule has 3 amide bonds. The number of amides is 3. The molecule has 0 radical (unpaired) electrons. The van der Waals surface area contributed by atoms with E-state index in [1.54, 1.807) is 0 Å². The van der Waals surface area contributed by atoms with Crippen molar-refractivity contribution in [3.05, 3.63) is 54.4 Å². The lowest BCUT2D eigenvalue weighted by Gasteiger charge is -2.56. The fourth-order valence-electron chi connectivity index (χ4n) is 13.1. The summed E-state index contributed by atoms with van der Waals surface area (Å²) in [6.45, 7) is 64.4. The Morgan fingerprint density at radius 1 is 0.517 bits per heavy atom. The van der Waals surface area contributed by atoms with E-state index in [1.165, 1.54) is 57.8 Å². The SMILES string of the molecule is CC(C)C1CCC1.CC(C)CNC(=O)C1CC2(CNC2)C1.CC(C)CNC(=O)C1CCNCC1.CC(C)CNC(=O)Cn1cccc1.CC(C)CNCCN.CC(C)CNCCO.CC(C)COC1CC(CN)C1.CC(C)COC1CC2(CC(N)C2)C1.CC(C)COC[C@@H](F)CN.CC(C)COC[C@H](F)CN.CC(C)COc1cccc(CN)c1. The Kier molecular flexibility index (Phi) is 70.9. The topological polar surface area (TPSA) is 363 Å². The quantitative estimate of drug-likeness (QED) is 0.0276. The second-order valence-corrected chi connectivity index (χ2v) is 39.1. The van der Waals surface area contributed by atoms with Crippen molar-refractivity contribution in [1.82, 2.24) is 41.8 Å². The van der Waals surface area contributed by atoms with Crippen LogP contribution in [-0.4, -0.2) is 209 Å². The summed E-state index contributed by atoms with van der Waals surface area (Å²) in [7, 11) is 0. The van der Waals surface area contributed by atoms with Crippen LogP contribution in [0.1, 0.15) is 241 Å². The fraction of sp³-hybridized carbons (Fsp3) is 0.863. The van der Waals surface area contributed by atoms with Gasteiger partial charge in [0.15, 0.2) is 0 Å². The van der Waals surface area contributed by atoms with Gasteiger partial charge in [0.2, 0.25) is 17.7 Å². The van der Waals surface area contributed by atoms with Gasteiger partial charge in [-0.15, -0.1) is 0 Å². The Bertz CT molecular complexity index is 2620. The molecule has 20 N–H and O–H groups in total. The van der Waals surface area contributed by atoms with Crippen molar-refractivity contribution < 1.29 is 52.0 Å². The van der Waals surface area contributed by atoms with Crippen LogP contribution in [-0.2, 0) is 46.4 Å². The molecule has 2 aromatic rings. The van der Waals surface area contributed by atoms with Crippen LogP contribution in [0.4, 0.5) is 8.78 Å². The smallest absolute Gasteiger partial charge is 0.239 e. The molecule has 2 spiro atoms. The summed E-state index contributed by atoms with van der Waals surface area (Å²) in [6, 6.07) is 12.2. The molecule has 2 aliphatic heterocycles. The Morgan fingerprint density at radius 3 is 1.35 bits per heavy atom. The number of hydrogen-bond acceptors (Lipinski definition) is 19. The maximum Gasteiger partial charge on any atom is 0.239 e. The number of benzene rings is 1. The molecule has 1 aromatic heterocycles. The maximum absolute atomic E-state index is 12.3. The number of hydrogen-bond donors (Lipinski definition) is 14. The highest BCUT2D eigenvalue weighted by Crippen LogP contribution is 2.56. The number of alkyl halides is 2. The molecule has 7 aliphatic rings. The van der Waals surface area contributed by atoms with Crippen molar-refractivity contribution in [3.8, 4) is 5.75 Å². The van der Waals surface area contributed by atoms with E-state index in [2.05, 4.69) is 162 Å². The van der Waals surface area contributed by atoms with Crippen molar-refractivity contribution in [2.45, 2.75) is 279 Å². The number of piperidine rings is 1. The van der Waals surface area contributed by atoms with E-state index in [0.717, 1.165) is 166 Å².